The van der Waals surface area contributed by atoms with E-state index in [0.29, 0.717) is 0 Å². The van der Waals surface area contributed by atoms with Crippen LogP contribution in [0.15, 0.2) is 47.8 Å². The molecule has 4 rings (SSSR count). The maximum atomic E-state index is 4.74. The molecule has 1 aliphatic rings. The summed E-state index contributed by atoms with van der Waals surface area (Å²) in [5.41, 5.74) is 2.37. The molecule has 2 nitrogen and oxygen atoms in total. The van der Waals surface area contributed by atoms with Crippen molar-refractivity contribution in [3.8, 4) is 10.6 Å². The van der Waals surface area contributed by atoms with Gasteiger partial charge in [-0.1, -0.05) is 36.4 Å². The van der Waals surface area contributed by atoms with Gasteiger partial charge < -0.3 is 5.32 Å². The summed E-state index contributed by atoms with van der Waals surface area (Å²) in [6.45, 7) is 0.898. The van der Waals surface area contributed by atoms with Crippen LogP contribution >= 0.6 is 11.3 Å². The Kier molecular flexibility index (Phi) is 3.02. The summed E-state index contributed by atoms with van der Waals surface area (Å²) >= 11 is 1.73. The summed E-state index contributed by atoms with van der Waals surface area (Å²) in [4.78, 5) is 4.74. The minimum absolute atomic E-state index is 0.737. The standard InChI is InChI=1S/C17H16N2S/c1-2-4-13-9-14(6-5-12(13)3-1)17-19-16(11-20-17)10-18-15-7-8-15/h1-6,9,11,15,18H,7-8,10H2. The number of rotatable bonds is 4. The highest BCUT2D eigenvalue weighted by Crippen LogP contribution is 2.27. The molecule has 1 aliphatic carbocycles. The predicted molar refractivity (Wildman–Crippen MR) is 84.9 cm³/mol. The van der Waals surface area contributed by atoms with Crippen LogP contribution in [-0.4, -0.2) is 11.0 Å². The van der Waals surface area contributed by atoms with Gasteiger partial charge in [-0.3, -0.25) is 0 Å². The zero-order valence-corrected chi connectivity index (χ0v) is 12.0. The van der Waals surface area contributed by atoms with Crippen LogP contribution in [0.2, 0.25) is 0 Å². The molecular weight excluding hydrogens is 264 g/mol. The first-order valence-electron chi connectivity index (χ1n) is 7.05. The van der Waals surface area contributed by atoms with Gasteiger partial charge in [0.15, 0.2) is 0 Å². The van der Waals surface area contributed by atoms with E-state index in [1.165, 1.54) is 29.2 Å². The van der Waals surface area contributed by atoms with Crippen LogP contribution in [0.25, 0.3) is 21.3 Å². The molecule has 0 unspecified atom stereocenters. The molecular formula is C17H16N2S. The minimum Gasteiger partial charge on any atom is -0.308 e. The predicted octanol–water partition coefficient (Wildman–Crippen LogP) is 4.22. The number of fused-ring (bicyclic) bond motifs is 1. The molecule has 1 N–H and O–H groups in total. The molecule has 20 heavy (non-hydrogen) atoms. The first-order valence-corrected chi connectivity index (χ1v) is 7.93. The van der Waals surface area contributed by atoms with Crippen molar-refractivity contribution in [2.24, 2.45) is 0 Å². The molecule has 0 atom stereocenters. The van der Waals surface area contributed by atoms with Crippen LogP contribution in [0.4, 0.5) is 0 Å². The quantitative estimate of drug-likeness (QED) is 0.774. The topological polar surface area (TPSA) is 24.9 Å². The average Bonchev–Trinajstić information content (AvgIpc) is 3.21. The largest absolute Gasteiger partial charge is 0.308 e. The third-order valence-electron chi connectivity index (χ3n) is 3.70. The maximum absolute atomic E-state index is 4.74. The van der Waals surface area contributed by atoms with E-state index in [1.54, 1.807) is 11.3 Å². The molecule has 0 spiro atoms. The Hall–Kier alpha value is -1.71. The lowest BCUT2D eigenvalue weighted by Gasteiger charge is -2.01. The van der Waals surface area contributed by atoms with E-state index in [-0.39, 0.29) is 0 Å². The number of hydrogen-bond acceptors (Lipinski definition) is 3. The highest BCUT2D eigenvalue weighted by molar-refractivity contribution is 7.13. The molecule has 0 saturated heterocycles. The van der Waals surface area contributed by atoms with Gasteiger partial charge >= 0.3 is 0 Å². The summed E-state index contributed by atoms with van der Waals surface area (Å²) < 4.78 is 0. The average molecular weight is 280 g/mol. The third-order valence-corrected chi connectivity index (χ3v) is 4.64. The number of benzene rings is 2. The van der Waals surface area contributed by atoms with E-state index in [2.05, 4.69) is 53.2 Å². The molecule has 2 aromatic carbocycles. The molecule has 1 heterocycles. The minimum atomic E-state index is 0.737. The molecule has 1 fully saturated rings. The lowest BCUT2D eigenvalue weighted by atomic mass is 10.1. The van der Waals surface area contributed by atoms with E-state index in [0.717, 1.165) is 23.3 Å². The van der Waals surface area contributed by atoms with E-state index in [9.17, 15) is 0 Å². The highest BCUT2D eigenvalue weighted by Gasteiger charge is 2.20. The van der Waals surface area contributed by atoms with Gasteiger partial charge in [0.05, 0.1) is 5.69 Å². The van der Waals surface area contributed by atoms with Gasteiger partial charge in [0.2, 0.25) is 0 Å². The number of thiazole rings is 1. The lowest BCUT2D eigenvalue weighted by Crippen LogP contribution is -2.15. The van der Waals surface area contributed by atoms with E-state index in [4.69, 9.17) is 4.98 Å². The Balaban J connectivity index is 1.60. The van der Waals surface area contributed by atoms with Crippen molar-refractivity contribution in [1.82, 2.24) is 10.3 Å². The van der Waals surface area contributed by atoms with Gasteiger partial charge in [-0.05, 0) is 29.7 Å². The summed E-state index contributed by atoms with van der Waals surface area (Å²) in [6.07, 6.45) is 2.64. The Morgan fingerprint density at radius 2 is 1.95 bits per heavy atom. The van der Waals surface area contributed by atoms with Crippen molar-refractivity contribution in [3.63, 3.8) is 0 Å². The number of hydrogen-bond donors (Lipinski definition) is 1. The molecule has 3 heteroatoms. The Morgan fingerprint density at radius 3 is 2.80 bits per heavy atom. The second kappa shape index (κ2) is 5.00. The Bertz CT molecular complexity index is 743. The van der Waals surface area contributed by atoms with Crippen molar-refractivity contribution in [2.75, 3.05) is 0 Å². The van der Waals surface area contributed by atoms with E-state index >= 15 is 0 Å². The third kappa shape index (κ3) is 2.47. The van der Waals surface area contributed by atoms with Crippen molar-refractivity contribution >= 4 is 22.1 Å². The zero-order valence-electron chi connectivity index (χ0n) is 11.2. The van der Waals surface area contributed by atoms with Crippen LogP contribution in [0, 0.1) is 0 Å². The fourth-order valence-corrected chi connectivity index (χ4v) is 3.20. The molecule has 0 amide bonds. The first kappa shape index (κ1) is 12.1. The zero-order chi connectivity index (χ0) is 13.4. The number of aromatic nitrogens is 1. The van der Waals surface area contributed by atoms with E-state index < -0.39 is 0 Å². The van der Waals surface area contributed by atoms with Crippen LogP contribution in [0.3, 0.4) is 0 Å². The molecule has 0 aliphatic heterocycles. The summed E-state index contributed by atoms with van der Waals surface area (Å²) in [7, 11) is 0. The smallest absolute Gasteiger partial charge is 0.123 e. The number of nitrogens with zero attached hydrogens (tertiary/aromatic N) is 1. The van der Waals surface area contributed by atoms with Crippen LogP contribution in [0.1, 0.15) is 18.5 Å². The Labute approximate surface area is 122 Å². The fourth-order valence-electron chi connectivity index (χ4n) is 2.38. The Morgan fingerprint density at radius 1 is 1.10 bits per heavy atom. The van der Waals surface area contributed by atoms with Gasteiger partial charge in [-0.25, -0.2) is 4.98 Å². The van der Waals surface area contributed by atoms with E-state index in [1.807, 2.05) is 0 Å². The maximum Gasteiger partial charge on any atom is 0.123 e. The van der Waals surface area contributed by atoms with Gasteiger partial charge in [-0.15, -0.1) is 11.3 Å². The second-order valence-electron chi connectivity index (χ2n) is 5.36. The first-order chi connectivity index (χ1) is 9.88. The summed E-state index contributed by atoms with van der Waals surface area (Å²) in [5, 5.41) is 9.35. The monoisotopic (exact) mass is 280 g/mol. The van der Waals surface area contributed by atoms with Gasteiger partial charge in [-0.2, -0.15) is 0 Å². The van der Waals surface area contributed by atoms with Crippen LogP contribution < -0.4 is 5.32 Å². The fraction of sp³-hybridized carbons (Fsp3) is 0.235. The molecule has 100 valence electrons. The molecule has 0 bridgehead atoms. The van der Waals surface area contributed by atoms with Crippen molar-refractivity contribution < 1.29 is 0 Å². The van der Waals surface area contributed by atoms with Gasteiger partial charge in [0.25, 0.3) is 0 Å². The number of nitrogens with one attached hydrogen (secondary N) is 1. The lowest BCUT2D eigenvalue weighted by molar-refractivity contribution is 0.678. The molecule has 1 saturated carbocycles. The normalized spacial score (nSPS) is 14.8. The van der Waals surface area contributed by atoms with Crippen molar-refractivity contribution in [1.29, 1.82) is 0 Å². The van der Waals surface area contributed by atoms with Crippen molar-refractivity contribution in [3.05, 3.63) is 53.5 Å². The summed E-state index contributed by atoms with van der Waals surface area (Å²) in [5.74, 6) is 0. The van der Waals surface area contributed by atoms with Gasteiger partial charge in [0.1, 0.15) is 5.01 Å². The molecule has 3 aromatic rings. The molecule has 1 aromatic heterocycles. The molecule has 0 radical (unpaired) electrons. The highest BCUT2D eigenvalue weighted by atomic mass is 32.1. The SMILES string of the molecule is c1ccc2cc(-c3nc(CNC4CC4)cs3)ccc2c1. The van der Waals surface area contributed by atoms with Crippen molar-refractivity contribution in [2.45, 2.75) is 25.4 Å². The second-order valence-corrected chi connectivity index (χ2v) is 6.22. The van der Waals surface area contributed by atoms with Crippen LogP contribution in [0.5, 0.6) is 0 Å². The summed E-state index contributed by atoms with van der Waals surface area (Å²) in [6, 6.07) is 15.8. The van der Waals surface area contributed by atoms with Gasteiger partial charge in [0, 0.05) is 23.5 Å². The van der Waals surface area contributed by atoms with Crippen LogP contribution in [-0.2, 0) is 6.54 Å².